The Balaban J connectivity index is 1.60. The number of benzene rings is 1. The van der Waals surface area contributed by atoms with Gasteiger partial charge in [-0.15, -0.1) is 0 Å². The number of imidazole rings is 1. The van der Waals surface area contributed by atoms with E-state index in [1.807, 2.05) is 6.07 Å². The first kappa shape index (κ1) is 20.3. The molecule has 6 nitrogen and oxygen atoms in total. The van der Waals surface area contributed by atoms with E-state index in [0.717, 1.165) is 63.0 Å². The zero-order chi connectivity index (χ0) is 19.8. The van der Waals surface area contributed by atoms with E-state index in [9.17, 15) is 4.39 Å². The van der Waals surface area contributed by atoms with E-state index in [4.69, 9.17) is 9.73 Å². The highest BCUT2D eigenvalue weighted by Gasteiger charge is 2.15. The fraction of sp³-hybridized carbons (Fsp3) is 0.524. The number of halogens is 1. The van der Waals surface area contributed by atoms with Crippen molar-refractivity contribution >= 4 is 5.96 Å². The first-order valence-corrected chi connectivity index (χ1v) is 10.0. The van der Waals surface area contributed by atoms with E-state index in [-0.39, 0.29) is 5.82 Å². The molecule has 0 amide bonds. The lowest BCUT2D eigenvalue weighted by molar-refractivity contribution is 0.0625. The maximum absolute atomic E-state index is 14.4. The minimum Gasteiger partial charge on any atom is -0.381 e. The van der Waals surface area contributed by atoms with E-state index in [2.05, 4.69) is 29.2 Å². The average Bonchev–Trinajstić information content (AvgIpc) is 3.24. The third-order valence-electron chi connectivity index (χ3n) is 5.12. The highest BCUT2D eigenvalue weighted by atomic mass is 19.1. The maximum Gasteiger partial charge on any atom is 0.193 e. The average molecular weight is 388 g/mol. The van der Waals surface area contributed by atoms with Gasteiger partial charge in [0.1, 0.15) is 5.82 Å². The molecule has 0 unspecified atom stereocenters. The van der Waals surface area contributed by atoms with E-state index < -0.39 is 0 Å². The number of aliphatic imine (C=N–C) groups is 1. The van der Waals surface area contributed by atoms with Crippen molar-refractivity contribution in [2.75, 3.05) is 33.4 Å². The van der Waals surface area contributed by atoms with Crippen molar-refractivity contribution in [2.45, 2.75) is 32.7 Å². The molecule has 1 aromatic carbocycles. The Kier molecular flexibility index (Phi) is 7.42. The summed E-state index contributed by atoms with van der Waals surface area (Å²) in [6, 6.07) is 5.22. The van der Waals surface area contributed by atoms with Crippen LogP contribution < -0.4 is 5.32 Å². The summed E-state index contributed by atoms with van der Waals surface area (Å²) in [5.41, 5.74) is 1.33. The number of hydrogen-bond donors (Lipinski definition) is 1. The molecule has 0 bridgehead atoms. The molecule has 2 aromatic rings. The Hall–Kier alpha value is -2.41. The summed E-state index contributed by atoms with van der Waals surface area (Å²) in [5, 5.41) is 3.33. The van der Waals surface area contributed by atoms with Gasteiger partial charge in [0.2, 0.25) is 0 Å². The molecule has 1 saturated heterocycles. The molecule has 1 aliphatic rings. The Morgan fingerprint density at radius 3 is 2.89 bits per heavy atom. The van der Waals surface area contributed by atoms with Gasteiger partial charge in [-0.05, 0) is 49.8 Å². The van der Waals surface area contributed by atoms with E-state index in [1.54, 1.807) is 35.4 Å². The second-order valence-corrected chi connectivity index (χ2v) is 7.19. The number of ether oxygens (including phenoxy) is 1. The monoisotopic (exact) mass is 387 g/mol. The van der Waals surface area contributed by atoms with E-state index in [0.29, 0.717) is 12.2 Å². The number of hydrogen-bond acceptors (Lipinski definition) is 3. The van der Waals surface area contributed by atoms with Gasteiger partial charge in [0.05, 0.1) is 18.6 Å². The number of rotatable bonds is 7. The van der Waals surface area contributed by atoms with Crippen molar-refractivity contribution in [3.63, 3.8) is 0 Å². The van der Waals surface area contributed by atoms with Crippen LogP contribution in [0.25, 0.3) is 5.69 Å². The summed E-state index contributed by atoms with van der Waals surface area (Å²) < 4.78 is 21.5. The molecule has 3 rings (SSSR count). The molecule has 1 aliphatic heterocycles. The van der Waals surface area contributed by atoms with Crippen LogP contribution in [0.4, 0.5) is 4.39 Å². The van der Waals surface area contributed by atoms with Crippen LogP contribution in [0.15, 0.2) is 41.9 Å². The van der Waals surface area contributed by atoms with Crippen molar-refractivity contribution in [2.24, 2.45) is 10.9 Å². The lowest BCUT2D eigenvalue weighted by Crippen LogP contribution is -2.40. The van der Waals surface area contributed by atoms with Gasteiger partial charge in [0, 0.05) is 45.7 Å². The number of nitrogens with one attached hydrogen (secondary N) is 1. The molecule has 0 spiro atoms. The molecule has 0 atom stereocenters. The SMILES string of the molecule is CCNC(=NCc1ccc(-n2ccnc2)c(F)c1)N(C)CCC1CCOCC1. The Morgan fingerprint density at radius 2 is 2.21 bits per heavy atom. The second-order valence-electron chi connectivity index (χ2n) is 7.19. The smallest absolute Gasteiger partial charge is 0.193 e. The highest BCUT2D eigenvalue weighted by molar-refractivity contribution is 5.79. The predicted molar refractivity (Wildman–Crippen MR) is 109 cm³/mol. The molecule has 1 fully saturated rings. The Morgan fingerprint density at radius 1 is 1.39 bits per heavy atom. The van der Waals surface area contributed by atoms with Crippen molar-refractivity contribution in [3.05, 3.63) is 48.3 Å². The van der Waals surface area contributed by atoms with Crippen LogP contribution >= 0.6 is 0 Å². The van der Waals surface area contributed by atoms with Gasteiger partial charge in [-0.25, -0.2) is 14.4 Å². The molecule has 0 aliphatic carbocycles. The second kappa shape index (κ2) is 10.2. The highest BCUT2D eigenvalue weighted by Crippen LogP contribution is 2.19. The predicted octanol–water partition coefficient (Wildman–Crippen LogP) is 3.23. The van der Waals surface area contributed by atoms with Crippen molar-refractivity contribution in [1.82, 2.24) is 19.8 Å². The third kappa shape index (κ3) is 5.55. The summed E-state index contributed by atoms with van der Waals surface area (Å²) >= 11 is 0. The minimum atomic E-state index is -0.274. The van der Waals surface area contributed by atoms with Crippen molar-refractivity contribution in [1.29, 1.82) is 0 Å². The van der Waals surface area contributed by atoms with Crippen LogP contribution in [0.5, 0.6) is 0 Å². The fourth-order valence-electron chi connectivity index (χ4n) is 3.41. The molecule has 1 aromatic heterocycles. The topological polar surface area (TPSA) is 54.7 Å². The lowest BCUT2D eigenvalue weighted by atomic mass is 9.96. The molecule has 1 N–H and O–H groups in total. The van der Waals surface area contributed by atoms with E-state index >= 15 is 0 Å². The van der Waals surface area contributed by atoms with Gasteiger partial charge in [0.15, 0.2) is 5.96 Å². The van der Waals surface area contributed by atoms with Gasteiger partial charge in [-0.1, -0.05) is 6.07 Å². The zero-order valence-corrected chi connectivity index (χ0v) is 16.8. The first-order chi connectivity index (χ1) is 13.7. The molecule has 0 radical (unpaired) electrons. The molecular weight excluding hydrogens is 357 g/mol. The maximum atomic E-state index is 14.4. The summed E-state index contributed by atoms with van der Waals surface area (Å²) in [6.07, 6.45) is 8.38. The molecule has 152 valence electrons. The van der Waals surface area contributed by atoms with Crippen LogP contribution in [-0.4, -0.2) is 53.8 Å². The molecular formula is C21H30FN5O. The quantitative estimate of drug-likeness (QED) is 0.585. The van der Waals surface area contributed by atoms with Gasteiger partial charge in [0.25, 0.3) is 0 Å². The van der Waals surface area contributed by atoms with Crippen LogP contribution in [0.2, 0.25) is 0 Å². The number of guanidine groups is 1. The summed E-state index contributed by atoms with van der Waals surface area (Å²) in [7, 11) is 2.06. The van der Waals surface area contributed by atoms with Gasteiger partial charge in [-0.2, -0.15) is 0 Å². The Bertz CT molecular complexity index is 756. The van der Waals surface area contributed by atoms with Crippen LogP contribution in [0.1, 0.15) is 31.7 Å². The standard InChI is InChI=1S/C21H30FN5O/c1-3-24-21(26(2)10-6-17-7-12-28-13-8-17)25-15-18-4-5-20(19(22)14-18)27-11-9-23-16-27/h4-5,9,11,14,16-17H,3,6-8,10,12-13,15H2,1-2H3,(H,24,25). The summed E-state index contributed by atoms with van der Waals surface area (Å²) in [5.74, 6) is 1.31. The van der Waals surface area contributed by atoms with E-state index in [1.165, 1.54) is 0 Å². The number of aromatic nitrogens is 2. The van der Waals surface area contributed by atoms with Crippen LogP contribution in [-0.2, 0) is 11.3 Å². The fourth-order valence-corrected chi connectivity index (χ4v) is 3.41. The van der Waals surface area contributed by atoms with Gasteiger partial charge in [-0.3, -0.25) is 0 Å². The first-order valence-electron chi connectivity index (χ1n) is 10.0. The van der Waals surface area contributed by atoms with Gasteiger partial charge < -0.3 is 19.5 Å². The molecule has 2 heterocycles. The molecule has 7 heteroatoms. The lowest BCUT2D eigenvalue weighted by Gasteiger charge is -2.26. The van der Waals surface area contributed by atoms with Gasteiger partial charge >= 0.3 is 0 Å². The normalized spacial score (nSPS) is 15.6. The Labute approximate surface area is 166 Å². The molecule has 0 saturated carbocycles. The minimum absolute atomic E-state index is 0.274. The van der Waals surface area contributed by atoms with Crippen molar-refractivity contribution < 1.29 is 9.13 Å². The third-order valence-corrected chi connectivity index (χ3v) is 5.12. The van der Waals surface area contributed by atoms with Crippen LogP contribution in [0.3, 0.4) is 0 Å². The summed E-state index contributed by atoms with van der Waals surface area (Å²) in [6.45, 7) is 6.00. The largest absolute Gasteiger partial charge is 0.381 e. The van der Waals surface area contributed by atoms with Crippen LogP contribution in [0, 0.1) is 11.7 Å². The number of nitrogens with zero attached hydrogens (tertiary/aromatic N) is 4. The summed E-state index contributed by atoms with van der Waals surface area (Å²) in [4.78, 5) is 10.8. The zero-order valence-electron chi connectivity index (χ0n) is 16.8. The molecule has 28 heavy (non-hydrogen) atoms. The van der Waals surface area contributed by atoms with Crippen molar-refractivity contribution in [3.8, 4) is 5.69 Å².